The second-order valence-corrected chi connectivity index (χ2v) is 35.8. The zero-order valence-electron chi connectivity index (χ0n) is 58.2. The molecular formula is C96H72N4OPtSi2-2. The number of rotatable bonds is 15. The van der Waals surface area contributed by atoms with E-state index in [0.717, 1.165) is 72.3 Å². The summed E-state index contributed by atoms with van der Waals surface area (Å²) in [6, 6.07) is 139. The second-order valence-electron chi connectivity index (χ2n) is 28.1. The topological polar surface area (TPSA) is 35.9 Å². The number of pyridine rings is 1. The van der Waals surface area contributed by atoms with Gasteiger partial charge in [-0.3, -0.25) is 4.57 Å². The van der Waals surface area contributed by atoms with Gasteiger partial charge in [-0.25, -0.2) is 4.98 Å². The van der Waals surface area contributed by atoms with Gasteiger partial charge in [-0.05, 0) is 115 Å². The van der Waals surface area contributed by atoms with Gasteiger partial charge in [0, 0.05) is 55.1 Å². The van der Waals surface area contributed by atoms with Gasteiger partial charge in [0.05, 0.1) is 16.7 Å². The molecule has 1 aliphatic rings. The minimum Gasteiger partial charge on any atom is -0.510 e. The molecule has 3 heterocycles. The van der Waals surface area contributed by atoms with Gasteiger partial charge in [-0.2, -0.15) is 18.2 Å². The molecule has 0 aliphatic heterocycles. The molecule has 17 aromatic rings. The standard InChI is InChI=1S/C96H72N4OSi2.Pt/c1-95(2)85-53-23-24-54-86(85)96(3,4)88-66-92-84(65-87(88)95)83-59-58-72(64-91(83)100(92)93-57-27-28-60-97-93)101-71-36-31-35-70(63-71)98-67-99(90-56-26-25-55-89(90)98)94-81(68-33-29-49-79(61-68)102(73-37-11-5-12-38-73,74-39-13-6-14-40-74)75-41-15-7-16-42-75)51-32-52-82(94)69-34-30-50-80(62-69)103(76-43-17-8-18-44-76,77-45-19-9-20-46-77)78-47-21-10-22-48-78;/h5-62,65-66H,1-4H3;/q-2;. The molecule has 0 atom stereocenters. The Morgan fingerprint density at radius 3 is 1.29 bits per heavy atom. The van der Waals surface area contributed by atoms with Crippen LogP contribution in [0.3, 0.4) is 0 Å². The fourth-order valence-corrected chi connectivity index (χ4v) is 26.6. The summed E-state index contributed by atoms with van der Waals surface area (Å²) in [4.78, 5) is 4.97. The molecule has 0 amide bonds. The smallest absolute Gasteiger partial charge is 0.268 e. The van der Waals surface area contributed by atoms with Crippen molar-refractivity contribution in [1.29, 1.82) is 0 Å². The van der Waals surface area contributed by atoms with Crippen LogP contribution in [0, 0.1) is 18.5 Å². The minimum absolute atomic E-state index is 0. The Hall–Kier alpha value is -11.6. The van der Waals surface area contributed by atoms with Gasteiger partial charge in [0.15, 0.2) is 16.1 Å². The van der Waals surface area contributed by atoms with Crippen LogP contribution < -0.4 is 50.8 Å². The quantitative estimate of drug-likeness (QED) is 0.0444. The largest absolute Gasteiger partial charge is 0.510 e. The second kappa shape index (κ2) is 26.7. The SMILES string of the molecule is CC1(C)c2ccccc2C(C)(C)c2cc3c(cc21)c1ccc(Oc2[c-]c(-n4[c-][n+](-c5c(-c6cccc([Si](c7ccccc7)(c7ccccc7)c7ccccc7)c6)cccc5-c5cccc([Si](c6ccccc6)(c6ccccc6)c6ccccc6)c5)c5ccccc54)ccc2)[c-]c1n3-c1ccccn1.[Pt]. The Bertz CT molecular complexity index is 5640. The van der Waals surface area contributed by atoms with Crippen LogP contribution in [0.2, 0.25) is 0 Å². The van der Waals surface area contributed by atoms with Crippen LogP contribution in [-0.4, -0.2) is 30.3 Å². The summed E-state index contributed by atoms with van der Waals surface area (Å²) < 4.78 is 13.7. The van der Waals surface area contributed by atoms with Crippen molar-refractivity contribution >= 4 is 90.5 Å². The maximum absolute atomic E-state index is 7.00. The van der Waals surface area contributed by atoms with Gasteiger partial charge in [0.2, 0.25) is 0 Å². The van der Waals surface area contributed by atoms with Crippen LogP contribution in [-0.2, 0) is 31.9 Å². The molecule has 14 aromatic carbocycles. The molecule has 3 aromatic heterocycles. The fraction of sp³-hybridized carbons (Fsp3) is 0.0625. The van der Waals surface area contributed by atoms with Crippen molar-refractivity contribution in [1.82, 2.24) is 14.1 Å². The van der Waals surface area contributed by atoms with Crippen LogP contribution in [0.15, 0.2) is 364 Å². The van der Waals surface area contributed by atoms with E-state index in [1.54, 1.807) is 0 Å². The molecule has 0 radical (unpaired) electrons. The average Bonchev–Trinajstić information content (AvgIpc) is 1.37. The number of benzene rings is 14. The molecule has 5 nitrogen and oxygen atoms in total. The van der Waals surface area contributed by atoms with Crippen molar-refractivity contribution in [2.24, 2.45) is 0 Å². The number of aromatic nitrogens is 4. The molecule has 0 saturated carbocycles. The molecular weight excluding hydrogens is 1480 g/mol. The van der Waals surface area contributed by atoms with Crippen LogP contribution in [0.25, 0.3) is 72.3 Å². The van der Waals surface area contributed by atoms with Crippen molar-refractivity contribution in [3.8, 4) is 50.9 Å². The van der Waals surface area contributed by atoms with E-state index in [9.17, 15) is 0 Å². The predicted octanol–water partition coefficient (Wildman–Crippen LogP) is 16.6. The first-order chi connectivity index (χ1) is 50.6. The van der Waals surface area contributed by atoms with E-state index >= 15 is 0 Å². The van der Waals surface area contributed by atoms with Crippen LogP contribution >= 0.6 is 0 Å². The van der Waals surface area contributed by atoms with Crippen LogP contribution in [0.1, 0.15) is 49.9 Å². The zero-order valence-corrected chi connectivity index (χ0v) is 62.4. The average molecular weight is 1550 g/mol. The zero-order chi connectivity index (χ0) is 69.3. The van der Waals surface area contributed by atoms with Gasteiger partial charge < -0.3 is 13.9 Å². The Labute approximate surface area is 624 Å². The summed E-state index contributed by atoms with van der Waals surface area (Å²) in [6.07, 6.45) is 5.89. The Morgan fingerprint density at radius 2 is 0.788 bits per heavy atom. The Balaban J connectivity index is 0.00000800. The third-order valence-electron chi connectivity index (χ3n) is 21.8. The molecule has 0 bridgehead atoms. The summed E-state index contributed by atoms with van der Waals surface area (Å²) in [6.45, 7) is 9.45. The van der Waals surface area contributed by atoms with E-state index in [0.29, 0.717) is 11.5 Å². The van der Waals surface area contributed by atoms with Gasteiger partial charge in [-0.15, -0.1) is 29.7 Å². The van der Waals surface area contributed by atoms with Crippen molar-refractivity contribution in [2.45, 2.75) is 38.5 Å². The van der Waals surface area contributed by atoms with E-state index in [1.165, 1.54) is 63.7 Å². The summed E-state index contributed by atoms with van der Waals surface area (Å²) in [5.41, 5.74) is 14.9. The monoisotopic (exact) mass is 1550 g/mol. The van der Waals surface area contributed by atoms with Crippen LogP contribution in [0.5, 0.6) is 11.5 Å². The first kappa shape index (κ1) is 65.7. The number of hydrogen-bond acceptors (Lipinski definition) is 2. The van der Waals surface area contributed by atoms with Gasteiger partial charge in [0.1, 0.15) is 5.82 Å². The summed E-state index contributed by atoms with van der Waals surface area (Å²) >= 11 is 0. The molecule has 104 heavy (non-hydrogen) atoms. The third-order valence-corrected chi connectivity index (χ3v) is 31.3. The van der Waals surface area contributed by atoms with Crippen molar-refractivity contribution in [3.63, 3.8) is 0 Å². The molecule has 8 heteroatoms. The van der Waals surface area contributed by atoms with Crippen molar-refractivity contribution < 1.29 is 30.4 Å². The van der Waals surface area contributed by atoms with Crippen LogP contribution in [0.4, 0.5) is 0 Å². The predicted molar refractivity (Wildman–Crippen MR) is 429 cm³/mol. The Kier molecular flexibility index (Phi) is 16.8. The number of imidazole rings is 1. The van der Waals surface area contributed by atoms with Gasteiger partial charge in [-0.1, -0.05) is 343 Å². The van der Waals surface area contributed by atoms with Crippen molar-refractivity contribution in [3.05, 3.63) is 405 Å². The summed E-state index contributed by atoms with van der Waals surface area (Å²) in [7, 11) is -5.97. The molecule has 18 rings (SSSR count). The summed E-state index contributed by atoms with van der Waals surface area (Å²) in [5, 5.41) is 12.7. The van der Waals surface area contributed by atoms with E-state index in [4.69, 9.17) is 9.72 Å². The first-order valence-corrected chi connectivity index (χ1v) is 39.5. The molecule has 1 aliphatic carbocycles. The maximum atomic E-state index is 7.00. The number of nitrogens with zero attached hydrogens (tertiary/aromatic N) is 4. The maximum Gasteiger partial charge on any atom is 0.268 e. The first-order valence-electron chi connectivity index (χ1n) is 35.5. The third kappa shape index (κ3) is 10.7. The summed E-state index contributed by atoms with van der Waals surface area (Å²) in [5.74, 6) is 1.92. The van der Waals surface area contributed by atoms with E-state index < -0.39 is 16.1 Å². The van der Waals surface area contributed by atoms with Gasteiger partial charge >= 0.3 is 0 Å². The van der Waals surface area contributed by atoms with Gasteiger partial charge in [0.25, 0.3) is 6.33 Å². The van der Waals surface area contributed by atoms with E-state index in [1.807, 2.05) is 30.5 Å². The fourth-order valence-electron chi connectivity index (χ4n) is 17.0. The molecule has 0 fully saturated rings. The normalized spacial score (nSPS) is 13.1. The Morgan fingerprint density at radius 1 is 0.356 bits per heavy atom. The minimum atomic E-state index is -2.98. The molecule has 502 valence electrons. The van der Waals surface area contributed by atoms with E-state index in [2.05, 4.69) is 394 Å². The molecule has 0 saturated heterocycles. The molecule has 0 unspecified atom stereocenters. The number of para-hydroxylation sites is 3. The van der Waals surface area contributed by atoms with Crippen molar-refractivity contribution in [2.75, 3.05) is 0 Å². The van der Waals surface area contributed by atoms with E-state index in [-0.39, 0.29) is 31.9 Å². The molecule has 0 N–H and O–H groups in total. The number of hydrogen-bond donors (Lipinski definition) is 0. The number of fused-ring (bicyclic) bond motifs is 6. The number of ether oxygens (including phenoxy) is 1. The molecule has 0 spiro atoms.